The highest BCUT2D eigenvalue weighted by atomic mass is 32.1. The Hall–Kier alpha value is -2.58. The van der Waals surface area contributed by atoms with E-state index in [1.54, 1.807) is 22.4 Å². The molecule has 8 heteroatoms. The average molecular weight is 401 g/mol. The Kier molecular flexibility index (Phi) is 5.23. The number of hydrogen-bond acceptors (Lipinski definition) is 6. The van der Waals surface area contributed by atoms with E-state index in [2.05, 4.69) is 10.3 Å². The van der Waals surface area contributed by atoms with Crippen LogP contribution in [0.1, 0.15) is 43.0 Å². The molecular formula is C20H24N4O3S. The zero-order chi connectivity index (χ0) is 19.7. The third-order valence-electron chi connectivity index (χ3n) is 5.30. The van der Waals surface area contributed by atoms with Crippen molar-refractivity contribution in [2.75, 3.05) is 5.32 Å². The van der Waals surface area contributed by atoms with Gasteiger partial charge in [0.2, 0.25) is 5.88 Å². The van der Waals surface area contributed by atoms with Gasteiger partial charge in [0.1, 0.15) is 11.8 Å². The van der Waals surface area contributed by atoms with E-state index in [-0.39, 0.29) is 12.2 Å². The highest BCUT2D eigenvalue weighted by molar-refractivity contribution is 7.10. The van der Waals surface area contributed by atoms with E-state index in [1.165, 1.54) is 0 Å². The smallest absolute Gasteiger partial charge is 0.319 e. The van der Waals surface area contributed by atoms with Crippen LogP contribution in [0.5, 0.6) is 5.88 Å². The van der Waals surface area contributed by atoms with Crippen LogP contribution >= 0.6 is 11.3 Å². The fourth-order valence-electron chi connectivity index (χ4n) is 3.71. The number of nitrogens with one attached hydrogen (secondary N) is 1. The molecule has 2 aliphatic rings. The lowest BCUT2D eigenvalue weighted by Gasteiger charge is -2.30. The number of aliphatic hydroxyl groups is 1. The molecule has 2 amide bonds. The maximum atomic E-state index is 11.9. The topological polar surface area (TPSA) is 101 Å². The van der Waals surface area contributed by atoms with Gasteiger partial charge in [-0.15, -0.1) is 11.3 Å². The molecule has 4 rings (SSSR count). The first-order valence-electron chi connectivity index (χ1n) is 9.44. The summed E-state index contributed by atoms with van der Waals surface area (Å²) < 4.78 is 6.15. The van der Waals surface area contributed by atoms with E-state index >= 15 is 0 Å². The molecule has 148 valence electrons. The van der Waals surface area contributed by atoms with Crippen molar-refractivity contribution in [1.82, 2.24) is 9.88 Å². The predicted molar refractivity (Wildman–Crippen MR) is 109 cm³/mol. The molecule has 0 bridgehead atoms. The van der Waals surface area contributed by atoms with Crippen molar-refractivity contribution in [3.05, 3.63) is 45.9 Å². The molecule has 28 heavy (non-hydrogen) atoms. The van der Waals surface area contributed by atoms with Crippen LogP contribution in [0.3, 0.4) is 0 Å². The maximum absolute atomic E-state index is 11.9. The normalized spacial score (nSPS) is 22.0. The van der Waals surface area contributed by atoms with Crippen molar-refractivity contribution in [2.24, 2.45) is 5.73 Å². The first kappa shape index (κ1) is 18.8. The second-order valence-corrected chi connectivity index (χ2v) is 8.17. The van der Waals surface area contributed by atoms with Gasteiger partial charge in [0.25, 0.3) is 0 Å². The van der Waals surface area contributed by atoms with E-state index in [1.807, 2.05) is 30.5 Å². The van der Waals surface area contributed by atoms with Crippen LogP contribution in [0, 0.1) is 0 Å². The number of amides is 2. The van der Waals surface area contributed by atoms with Gasteiger partial charge in [-0.25, -0.2) is 9.78 Å². The minimum atomic E-state index is -0.473. The molecule has 1 aliphatic carbocycles. The molecule has 1 aliphatic heterocycles. The van der Waals surface area contributed by atoms with Crippen LogP contribution in [0.2, 0.25) is 0 Å². The number of nitrogens with zero attached hydrogens (tertiary/aromatic N) is 2. The molecule has 0 aromatic carbocycles. The van der Waals surface area contributed by atoms with Gasteiger partial charge in [0.15, 0.2) is 0 Å². The molecule has 0 radical (unpaired) electrons. The lowest BCUT2D eigenvalue weighted by Crippen LogP contribution is -2.36. The number of nitrogens with two attached hydrogens (primary N) is 1. The van der Waals surface area contributed by atoms with Gasteiger partial charge < -0.3 is 20.9 Å². The molecule has 7 nitrogen and oxygen atoms in total. The van der Waals surface area contributed by atoms with Crippen LogP contribution in [-0.2, 0) is 6.54 Å². The highest BCUT2D eigenvalue weighted by Gasteiger charge is 2.27. The Morgan fingerprint density at radius 3 is 2.89 bits per heavy atom. The van der Waals surface area contributed by atoms with Gasteiger partial charge in [0.05, 0.1) is 18.3 Å². The van der Waals surface area contributed by atoms with Crippen molar-refractivity contribution in [1.29, 1.82) is 0 Å². The number of aliphatic hydroxyl groups excluding tert-OH is 1. The second kappa shape index (κ2) is 7.81. The zero-order valence-corrected chi connectivity index (χ0v) is 16.5. The standard InChI is InChI=1S/C20H24N4O3S/c1-12-18(15-8-10-28-17(15)11-24(12)20(21)26)23-16-3-2-9-22-19(16)27-14-6-4-13(25)5-7-14/h2-3,8-10,13-14,23,25H,4-7,11H2,1H3,(H2,21,26). The molecule has 0 atom stereocenters. The molecule has 2 aromatic heterocycles. The molecule has 0 spiro atoms. The van der Waals surface area contributed by atoms with Crippen molar-refractivity contribution < 1.29 is 14.6 Å². The minimum absolute atomic E-state index is 0.0408. The van der Waals surface area contributed by atoms with E-state index in [4.69, 9.17) is 10.5 Å². The molecule has 1 saturated carbocycles. The predicted octanol–water partition coefficient (Wildman–Crippen LogP) is 3.52. The molecular weight excluding hydrogens is 376 g/mol. The lowest BCUT2D eigenvalue weighted by molar-refractivity contribution is 0.0647. The van der Waals surface area contributed by atoms with Gasteiger partial charge in [-0.05, 0) is 56.2 Å². The number of primary amides is 1. The Balaban J connectivity index is 1.62. The number of thiophene rings is 1. The first-order valence-corrected chi connectivity index (χ1v) is 10.3. The number of ether oxygens (including phenoxy) is 1. The van der Waals surface area contributed by atoms with Crippen LogP contribution in [0.15, 0.2) is 35.5 Å². The number of pyridine rings is 1. The molecule has 1 fully saturated rings. The SMILES string of the molecule is CC1=C(Nc2cccnc2OC2CCC(O)CC2)c2ccsc2CN1C(N)=O. The summed E-state index contributed by atoms with van der Waals surface area (Å²) in [4.78, 5) is 18.9. The largest absolute Gasteiger partial charge is 0.473 e. The Morgan fingerprint density at radius 1 is 1.36 bits per heavy atom. The molecule has 0 unspecified atom stereocenters. The summed E-state index contributed by atoms with van der Waals surface area (Å²) in [6.45, 7) is 2.37. The fourth-order valence-corrected chi connectivity index (χ4v) is 4.58. The van der Waals surface area contributed by atoms with Gasteiger partial charge in [-0.3, -0.25) is 4.90 Å². The number of anilines is 1. The number of fused-ring (bicyclic) bond motifs is 1. The van der Waals surface area contributed by atoms with E-state index in [0.717, 1.165) is 53.2 Å². The minimum Gasteiger partial charge on any atom is -0.473 e. The second-order valence-electron chi connectivity index (χ2n) is 7.17. The number of allylic oxidation sites excluding steroid dienone is 1. The van der Waals surface area contributed by atoms with Gasteiger partial charge in [-0.1, -0.05) is 0 Å². The number of aromatic nitrogens is 1. The van der Waals surface area contributed by atoms with E-state index in [9.17, 15) is 9.90 Å². The summed E-state index contributed by atoms with van der Waals surface area (Å²) in [7, 11) is 0. The van der Waals surface area contributed by atoms with Crippen molar-refractivity contribution in [3.63, 3.8) is 0 Å². The monoisotopic (exact) mass is 400 g/mol. The lowest BCUT2D eigenvalue weighted by atomic mass is 9.95. The third kappa shape index (κ3) is 3.70. The summed E-state index contributed by atoms with van der Waals surface area (Å²) in [5, 5.41) is 15.1. The summed E-state index contributed by atoms with van der Waals surface area (Å²) in [6, 6.07) is 5.33. The number of carbonyl (C=O) groups excluding carboxylic acids is 1. The van der Waals surface area contributed by atoms with Crippen LogP contribution in [0.4, 0.5) is 10.5 Å². The quantitative estimate of drug-likeness (QED) is 0.729. The van der Waals surface area contributed by atoms with Crippen LogP contribution < -0.4 is 15.8 Å². The summed E-state index contributed by atoms with van der Waals surface area (Å²) in [5.74, 6) is 0.525. The fraction of sp³-hybridized carbons (Fsp3) is 0.400. The average Bonchev–Trinajstić information content (AvgIpc) is 3.15. The Morgan fingerprint density at radius 2 is 2.14 bits per heavy atom. The van der Waals surface area contributed by atoms with Gasteiger partial charge in [-0.2, -0.15) is 0 Å². The number of rotatable bonds is 4. The first-order chi connectivity index (χ1) is 13.5. The van der Waals surface area contributed by atoms with E-state index in [0.29, 0.717) is 12.4 Å². The Labute approximate surface area is 167 Å². The van der Waals surface area contributed by atoms with E-state index < -0.39 is 6.03 Å². The number of hydrogen-bond donors (Lipinski definition) is 3. The third-order valence-corrected chi connectivity index (χ3v) is 6.21. The summed E-state index contributed by atoms with van der Waals surface area (Å²) in [5.41, 5.74) is 8.99. The van der Waals surface area contributed by atoms with Crippen molar-refractivity contribution >= 4 is 28.8 Å². The zero-order valence-electron chi connectivity index (χ0n) is 15.7. The number of urea groups is 1. The maximum Gasteiger partial charge on any atom is 0.319 e. The molecule has 4 N–H and O–H groups in total. The summed E-state index contributed by atoms with van der Waals surface area (Å²) >= 11 is 1.60. The molecule has 0 saturated heterocycles. The van der Waals surface area contributed by atoms with Crippen molar-refractivity contribution in [2.45, 2.75) is 51.4 Å². The highest BCUT2D eigenvalue weighted by Crippen LogP contribution is 2.37. The number of carbonyl (C=O) groups is 1. The Bertz CT molecular complexity index is 902. The van der Waals surface area contributed by atoms with Gasteiger partial charge >= 0.3 is 6.03 Å². The summed E-state index contributed by atoms with van der Waals surface area (Å²) in [6.07, 6.45) is 4.62. The van der Waals surface area contributed by atoms with Crippen LogP contribution in [0.25, 0.3) is 5.70 Å². The molecule has 2 aromatic rings. The molecule has 3 heterocycles. The van der Waals surface area contributed by atoms with Crippen LogP contribution in [-0.4, -0.2) is 33.2 Å². The van der Waals surface area contributed by atoms with Crippen molar-refractivity contribution in [3.8, 4) is 5.88 Å². The van der Waals surface area contributed by atoms with Gasteiger partial charge in [0, 0.05) is 22.3 Å².